The highest BCUT2D eigenvalue weighted by molar-refractivity contribution is 5.81. The van der Waals surface area contributed by atoms with Crippen molar-refractivity contribution in [2.45, 2.75) is 37.8 Å². The number of nitrogens with zero attached hydrogens (tertiary/aromatic N) is 3. The van der Waals surface area contributed by atoms with Gasteiger partial charge < -0.3 is 16.6 Å². The summed E-state index contributed by atoms with van der Waals surface area (Å²) < 4.78 is 54.4. The topological polar surface area (TPSA) is 123 Å². The number of aryl methyl sites for hydroxylation is 1. The molecule has 1 aliphatic carbocycles. The monoisotopic (exact) mass is 489 g/mol. The van der Waals surface area contributed by atoms with Gasteiger partial charge in [-0.3, -0.25) is 9.36 Å². The molecule has 12 heteroatoms. The Bertz CT molecular complexity index is 1300. The number of rotatable bonds is 7. The highest BCUT2D eigenvalue weighted by atomic mass is 19.4. The molecule has 1 saturated carbocycles. The number of hydrogen-bond acceptors (Lipinski definition) is 6. The molecule has 0 saturated heterocycles. The van der Waals surface area contributed by atoms with Crippen LogP contribution in [-0.2, 0) is 12.6 Å². The van der Waals surface area contributed by atoms with E-state index in [1.165, 1.54) is 4.57 Å². The lowest BCUT2D eigenvalue weighted by atomic mass is 10.1. The van der Waals surface area contributed by atoms with E-state index in [-0.39, 0.29) is 17.4 Å². The largest absolute Gasteiger partial charge is 0.416 e. The summed E-state index contributed by atoms with van der Waals surface area (Å²) in [4.78, 5) is 17.5. The lowest BCUT2D eigenvalue weighted by Crippen LogP contribution is -2.31. The molecule has 3 aromatic rings. The molecule has 0 unspecified atom stereocenters. The van der Waals surface area contributed by atoms with Crippen molar-refractivity contribution < 1.29 is 17.6 Å². The Hall–Kier alpha value is -3.93. The third-order valence-corrected chi connectivity index (χ3v) is 5.66. The smallest absolute Gasteiger partial charge is 0.333 e. The van der Waals surface area contributed by atoms with Crippen molar-refractivity contribution >= 4 is 17.3 Å². The molecule has 8 nitrogen and oxygen atoms in total. The molecule has 1 fully saturated rings. The molecular weight excluding hydrogens is 466 g/mol. The molecule has 0 aliphatic heterocycles. The molecule has 0 bridgehead atoms. The van der Waals surface area contributed by atoms with Crippen LogP contribution in [0.25, 0.3) is 5.69 Å². The van der Waals surface area contributed by atoms with Crippen molar-refractivity contribution in [2.24, 2.45) is 16.8 Å². The van der Waals surface area contributed by atoms with E-state index in [1.54, 1.807) is 18.3 Å². The third-order valence-electron chi connectivity index (χ3n) is 5.66. The molecule has 1 aromatic heterocycles. The maximum atomic E-state index is 14.4. The average Bonchev–Trinajstić information content (AvgIpc) is 3.68. The zero-order chi connectivity index (χ0) is 25.2. The number of hydrogen-bond donors (Lipinski definition) is 4. The van der Waals surface area contributed by atoms with Crippen molar-refractivity contribution in [3.63, 3.8) is 0 Å². The summed E-state index contributed by atoms with van der Waals surface area (Å²) in [7, 11) is 0. The van der Waals surface area contributed by atoms with E-state index in [0.717, 1.165) is 30.5 Å². The van der Waals surface area contributed by atoms with Gasteiger partial charge in [0.1, 0.15) is 11.7 Å². The van der Waals surface area contributed by atoms with Gasteiger partial charge in [-0.1, -0.05) is 12.1 Å². The number of nitrogens with two attached hydrogens (primary N) is 2. The van der Waals surface area contributed by atoms with Crippen LogP contribution in [0.5, 0.6) is 0 Å². The summed E-state index contributed by atoms with van der Waals surface area (Å²) in [5.41, 5.74) is 2.61. The van der Waals surface area contributed by atoms with Crippen LogP contribution >= 0.6 is 0 Å². The Morgan fingerprint density at radius 2 is 1.89 bits per heavy atom. The number of hydrazone groups is 1. The van der Waals surface area contributed by atoms with Crippen LogP contribution in [0.4, 0.5) is 29.1 Å². The summed E-state index contributed by atoms with van der Waals surface area (Å²) >= 11 is 0. The minimum absolute atomic E-state index is 0.164. The average molecular weight is 489 g/mol. The molecule has 184 valence electrons. The van der Waals surface area contributed by atoms with Gasteiger partial charge in [0.05, 0.1) is 16.9 Å². The van der Waals surface area contributed by atoms with Crippen molar-refractivity contribution in [3.8, 4) is 5.69 Å². The summed E-state index contributed by atoms with van der Waals surface area (Å²) in [5, 5.41) is 6.12. The van der Waals surface area contributed by atoms with Gasteiger partial charge in [0.2, 0.25) is 0 Å². The normalized spacial score (nSPS) is 14.1. The number of amidine groups is 1. The molecule has 0 amide bonds. The number of aromatic nitrogens is 2. The highest BCUT2D eigenvalue weighted by Gasteiger charge is 2.31. The SMILES string of the molecule is N/N=C(/CCc1ccc(-n2cc(C3CC3)nc(Nc3ccc(C(F)(F)F)cc3F)c2=O)cc1)NN. The molecule has 6 N–H and O–H groups in total. The summed E-state index contributed by atoms with van der Waals surface area (Å²) in [6.45, 7) is 0. The van der Waals surface area contributed by atoms with Crippen LogP contribution in [-0.4, -0.2) is 15.4 Å². The van der Waals surface area contributed by atoms with Crippen LogP contribution in [0.1, 0.15) is 42.0 Å². The van der Waals surface area contributed by atoms with Crippen molar-refractivity contribution in [1.29, 1.82) is 0 Å². The van der Waals surface area contributed by atoms with E-state index in [0.29, 0.717) is 36.1 Å². The van der Waals surface area contributed by atoms with E-state index in [1.807, 2.05) is 12.1 Å². The van der Waals surface area contributed by atoms with Gasteiger partial charge in [-0.15, -0.1) is 0 Å². The fourth-order valence-corrected chi connectivity index (χ4v) is 3.54. The molecule has 0 radical (unpaired) electrons. The lowest BCUT2D eigenvalue weighted by molar-refractivity contribution is -0.137. The minimum atomic E-state index is -4.68. The van der Waals surface area contributed by atoms with Crippen molar-refractivity contribution in [3.05, 3.63) is 81.7 Å². The lowest BCUT2D eigenvalue weighted by Gasteiger charge is -2.14. The van der Waals surface area contributed by atoms with Crippen LogP contribution < -0.4 is 28.0 Å². The summed E-state index contributed by atoms with van der Waals surface area (Å²) in [5.74, 6) is 9.86. The van der Waals surface area contributed by atoms with Gasteiger partial charge >= 0.3 is 6.18 Å². The maximum absolute atomic E-state index is 14.4. The zero-order valence-electron chi connectivity index (χ0n) is 18.4. The second-order valence-electron chi connectivity index (χ2n) is 8.17. The number of nitrogens with one attached hydrogen (secondary N) is 2. The van der Waals surface area contributed by atoms with Gasteiger partial charge in [-0.2, -0.15) is 18.3 Å². The van der Waals surface area contributed by atoms with Crippen molar-refractivity contribution in [2.75, 3.05) is 5.32 Å². The highest BCUT2D eigenvalue weighted by Crippen LogP contribution is 2.39. The first kappa shape index (κ1) is 24.2. The van der Waals surface area contributed by atoms with Crippen LogP contribution in [0, 0.1) is 5.82 Å². The number of benzene rings is 2. The van der Waals surface area contributed by atoms with E-state index in [2.05, 4.69) is 20.8 Å². The molecule has 2 aromatic carbocycles. The second kappa shape index (κ2) is 9.74. The van der Waals surface area contributed by atoms with Gasteiger partial charge in [-0.05, 0) is 55.2 Å². The molecule has 1 aliphatic rings. The Kier molecular flexibility index (Phi) is 6.74. The predicted molar refractivity (Wildman–Crippen MR) is 124 cm³/mol. The standard InChI is InChI=1S/C23H23F4N7O/c24-17-11-15(23(25,26)27)6-9-18(17)30-21-22(35)34(12-19(31-21)14-4-5-14)16-7-1-13(2-8-16)3-10-20(32-28)33-29/h1-2,6-9,11-12,14H,3-5,10,28-29H2,(H,30,31)(H,32,33). The first-order valence-electron chi connectivity index (χ1n) is 10.8. The van der Waals surface area contributed by atoms with Crippen LogP contribution in [0.15, 0.2) is 58.6 Å². The maximum Gasteiger partial charge on any atom is 0.416 e. The number of hydrazine groups is 1. The van der Waals surface area contributed by atoms with Gasteiger partial charge in [-0.25, -0.2) is 15.2 Å². The van der Waals surface area contributed by atoms with Crippen molar-refractivity contribution in [1.82, 2.24) is 15.0 Å². The summed E-state index contributed by atoms with van der Waals surface area (Å²) in [6.07, 6.45) is -0.126. The van der Waals surface area contributed by atoms with E-state index < -0.39 is 23.1 Å². The summed E-state index contributed by atoms with van der Waals surface area (Å²) in [6, 6.07) is 9.26. The Labute approximate surface area is 197 Å². The Morgan fingerprint density at radius 1 is 1.17 bits per heavy atom. The van der Waals surface area contributed by atoms with E-state index in [4.69, 9.17) is 11.7 Å². The van der Waals surface area contributed by atoms with E-state index >= 15 is 0 Å². The molecule has 4 rings (SSSR count). The second-order valence-corrected chi connectivity index (χ2v) is 8.17. The van der Waals surface area contributed by atoms with Gasteiger partial charge in [0.15, 0.2) is 5.82 Å². The molecule has 0 atom stereocenters. The Balaban J connectivity index is 1.64. The zero-order valence-corrected chi connectivity index (χ0v) is 18.4. The first-order valence-corrected chi connectivity index (χ1v) is 10.8. The fourth-order valence-electron chi connectivity index (χ4n) is 3.54. The molecule has 35 heavy (non-hydrogen) atoms. The first-order chi connectivity index (χ1) is 16.7. The van der Waals surface area contributed by atoms with E-state index in [9.17, 15) is 22.4 Å². The minimum Gasteiger partial charge on any atom is -0.333 e. The van der Waals surface area contributed by atoms with Gasteiger partial charge in [0, 0.05) is 24.2 Å². The Morgan fingerprint density at radius 3 is 2.46 bits per heavy atom. The van der Waals surface area contributed by atoms with Crippen LogP contribution in [0.3, 0.4) is 0 Å². The predicted octanol–water partition coefficient (Wildman–Crippen LogP) is 3.68. The number of halogens is 4. The molecule has 1 heterocycles. The number of anilines is 2. The molecular formula is C23H23F4N7O. The number of alkyl halides is 3. The van der Waals surface area contributed by atoms with Crippen LogP contribution in [0.2, 0.25) is 0 Å². The van der Waals surface area contributed by atoms with Gasteiger partial charge in [0.25, 0.3) is 5.56 Å². The third kappa shape index (κ3) is 5.60. The fraction of sp³-hybridized carbons (Fsp3) is 0.261. The quantitative estimate of drug-likeness (QED) is 0.132. The molecule has 0 spiro atoms.